The highest BCUT2D eigenvalue weighted by Gasteiger charge is 1.94. The lowest BCUT2D eigenvalue weighted by Crippen LogP contribution is -1.98. The van der Waals surface area contributed by atoms with Gasteiger partial charge in [-0.1, -0.05) is 86.8 Å². The molecule has 2 atom stereocenters. The molecule has 0 aromatic rings. The Morgan fingerprint density at radius 3 is 2.23 bits per heavy atom. The van der Waals surface area contributed by atoms with Crippen LogP contribution in [0.15, 0.2) is 72.9 Å². The van der Waals surface area contributed by atoms with Crippen LogP contribution in [0.1, 0.15) is 52.4 Å². The molecule has 0 radical (unpaired) electrons. The molecule has 3 nitrogen and oxygen atoms in total. The molecule has 0 saturated carbocycles. The van der Waals surface area contributed by atoms with E-state index in [2.05, 4.69) is 38.2 Å². The molecule has 0 amide bonds. The summed E-state index contributed by atoms with van der Waals surface area (Å²) in [6, 6.07) is 0. The fourth-order valence-electron chi connectivity index (χ4n) is 2.04. The van der Waals surface area contributed by atoms with Gasteiger partial charge in [-0.3, -0.25) is 4.79 Å². The first-order valence-electron chi connectivity index (χ1n) is 9.42. The van der Waals surface area contributed by atoms with Gasteiger partial charge in [0.2, 0.25) is 0 Å². The van der Waals surface area contributed by atoms with E-state index in [0.29, 0.717) is 18.8 Å². The van der Waals surface area contributed by atoms with E-state index in [1.54, 1.807) is 6.08 Å². The number of aliphatic hydroxyl groups is 1. The van der Waals surface area contributed by atoms with Crippen LogP contribution in [0.3, 0.4) is 0 Å². The molecule has 0 rings (SSSR count). The zero-order chi connectivity index (χ0) is 19.5. The first kappa shape index (κ1) is 23.9. The van der Waals surface area contributed by atoms with Gasteiger partial charge in [0, 0.05) is 6.42 Å². The van der Waals surface area contributed by atoms with Crippen LogP contribution in [0.4, 0.5) is 0 Å². The Kier molecular flexibility index (Phi) is 16.2. The van der Waals surface area contributed by atoms with E-state index in [9.17, 15) is 9.90 Å². The number of rotatable bonds is 14. The predicted octanol–water partition coefficient (Wildman–Crippen LogP) is 5.77. The average molecular weight is 359 g/mol. The van der Waals surface area contributed by atoms with Crippen molar-refractivity contribution >= 4 is 5.97 Å². The Balaban J connectivity index is 3.91. The van der Waals surface area contributed by atoms with E-state index < -0.39 is 12.1 Å². The lowest BCUT2D eigenvalue weighted by atomic mass is 10.1. The van der Waals surface area contributed by atoms with Crippen molar-refractivity contribution in [2.75, 3.05) is 0 Å². The molecular weight excluding hydrogens is 324 g/mol. The van der Waals surface area contributed by atoms with Crippen molar-refractivity contribution in [1.29, 1.82) is 0 Å². The normalized spacial score (nSPS) is 15.5. The van der Waals surface area contributed by atoms with Crippen molar-refractivity contribution in [3.63, 3.8) is 0 Å². The number of aliphatic carboxylic acids is 1. The Bertz CT molecular complexity index is 522. The highest BCUT2D eigenvalue weighted by atomic mass is 16.4. The summed E-state index contributed by atoms with van der Waals surface area (Å²) in [5, 5.41) is 18.4. The monoisotopic (exact) mass is 358 g/mol. The molecule has 2 N–H and O–H groups in total. The number of allylic oxidation sites excluding steroid dienone is 10. The third kappa shape index (κ3) is 18.2. The molecule has 0 aliphatic rings. The Morgan fingerprint density at radius 2 is 1.54 bits per heavy atom. The maximum atomic E-state index is 10.4. The quantitative estimate of drug-likeness (QED) is 0.306. The largest absolute Gasteiger partial charge is 0.481 e. The third-order valence-corrected chi connectivity index (χ3v) is 3.52. The number of carboxylic acid groups (broad SMARTS) is 1. The highest BCUT2D eigenvalue weighted by molar-refractivity contribution is 5.66. The van der Waals surface area contributed by atoms with Crippen molar-refractivity contribution in [3.05, 3.63) is 72.9 Å². The maximum Gasteiger partial charge on any atom is 0.303 e. The standard InChI is InChI=1S/C23H34O3/c1-3-4-5-6-7-13-18-22(24)19-14-9-8-11-16-21(2)17-12-10-15-20-23(25)26/h4-5,7-14,16,19,21-22,24H,3,6,15,17-18,20H2,1-2H3,(H,25,26)/b5-4-,9-8-,12-10-,13-7-,16-11+,19-14-. The summed E-state index contributed by atoms with van der Waals surface area (Å²) in [6.45, 7) is 4.23. The van der Waals surface area contributed by atoms with Gasteiger partial charge in [0.15, 0.2) is 0 Å². The maximum absolute atomic E-state index is 10.4. The van der Waals surface area contributed by atoms with Crippen LogP contribution >= 0.6 is 0 Å². The van der Waals surface area contributed by atoms with Crippen LogP contribution in [0.5, 0.6) is 0 Å². The summed E-state index contributed by atoms with van der Waals surface area (Å²) in [6.07, 6.45) is 27.7. The number of hydrogen-bond acceptors (Lipinski definition) is 2. The lowest BCUT2D eigenvalue weighted by molar-refractivity contribution is -0.136. The number of hydrogen-bond donors (Lipinski definition) is 2. The van der Waals surface area contributed by atoms with Gasteiger partial charge in [-0.2, -0.15) is 0 Å². The molecule has 0 saturated heterocycles. The van der Waals surface area contributed by atoms with Gasteiger partial charge >= 0.3 is 5.97 Å². The van der Waals surface area contributed by atoms with Crippen LogP contribution in [-0.4, -0.2) is 22.3 Å². The molecule has 0 aliphatic heterocycles. The molecule has 0 spiro atoms. The van der Waals surface area contributed by atoms with Gasteiger partial charge in [0.25, 0.3) is 0 Å². The summed E-state index contributed by atoms with van der Waals surface area (Å²) in [5.74, 6) is -0.353. The zero-order valence-corrected chi connectivity index (χ0v) is 16.1. The molecule has 0 bridgehead atoms. The molecule has 26 heavy (non-hydrogen) atoms. The van der Waals surface area contributed by atoms with Gasteiger partial charge < -0.3 is 10.2 Å². The second-order valence-electron chi connectivity index (χ2n) is 6.16. The second-order valence-corrected chi connectivity index (χ2v) is 6.16. The first-order chi connectivity index (χ1) is 12.6. The first-order valence-corrected chi connectivity index (χ1v) is 9.42. The average Bonchev–Trinajstić information content (AvgIpc) is 2.60. The molecule has 144 valence electrons. The fraction of sp³-hybridized carbons (Fsp3) is 0.435. The van der Waals surface area contributed by atoms with E-state index in [0.717, 1.165) is 19.3 Å². The van der Waals surface area contributed by atoms with Gasteiger partial charge in [0.05, 0.1) is 6.10 Å². The van der Waals surface area contributed by atoms with Crippen molar-refractivity contribution in [2.24, 2.45) is 5.92 Å². The molecule has 0 aromatic heterocycles. The van der Waals surface area contributed by atoms with Crippen molar-refractivity contribution < 1.29 is 15.0 Å². The number of carboxylic acids is 1. The molecule has 0 heterocycles. The number of carbonyl (C=O) groups is 1. The summed E-state index contributed by atoms with van der Waals surface area (Å²) in [7, 11) is 0. The Morgan fingerprint density at radius 1 is 0.885 bits per heavy atom. The SMILES string of the molecule is CC/C=C\C/C=C\CC(O)\C=C/C=C\C=C\C(C)C/C=C\CCC(=O)O. The molecular formula is C23H34O3. The molecule has 3 heteroatoms. The molecule has 2 unspecified atom stereocenters. The number of aliphatic hydroxyl groups excluding tert-OH is 1. The van der Waals surface area contributed by atoms with Crippen LogP contribution < -0.4 is 0 Å². The summed E-state index contributed by atoms with van der Waals surface area (Å²) in [4.78, 5) is 10.4. The topological polar surface area (TPSA) is 57.5 Å². The minimum absolute atomic E-state index is 0.188. The molecule has 0 fully saturated rings. The smallest absolute Gasteiger partial charge is 0.303 e. The van der Waals surface area contributed by atoms with Crippen molar-refractivity contribution in [2.45, 2.75) is 58.5 Å². The van der Waals surface area contributed by atoms with Crippen LogP contribution in [0.25, 0.3) is 0 Å². The van der Waals surface area contributed by atoms with Crippen LogP contribution in [-0.2, 0) is 4.79 Å². The molecule has 0 aromatic carbocycles. The summed E-state index contributed by atoms with van der Waals surface area (Å²) in [5.41, 5.74) is 0. The lowest BCUT2D eigenvalue weighted by Gasteiger charge is -1.99. The predicted molar refractivity (Wildman–Crippen MR) is 111 cm³/mol. The Hall–Kier alpha value is -2.13. The van der Waals surface area contributed by atoms with Crippen molar-refractivity contribution in [1.82, 2.24) is 0 Å². The van der Waals surface area contributed by atoms with E-state index in [1.807, 2.05) is 42.5 Å². The van der Waals surface area contributed by atoms with Gasteiger partial charge in [-0.05, 0) is 38.0 Å². The minimum atomic E-state index is -0.758. The highest BCUT2D eigenvalue weighted by Crippen LogP contribution is 2.06. The second kappa shape index (κ2) is 17.7. The summed E-state index contributed by atoms with van der Waals surface area (Å²) < 4.78 is 0. The van der Waals surface area contributed by atoms with Crippen LogP contribution in [0, 0.1) is 5.92 Å². The van der Waals surface area contributed by atoms with E-state index in [-0.39, 0.29) is 6.42 Å². The zero-order valence-electron chi connectivity index (χ0n) is 16.1. The Labute approximate surface area is 158 Å². The van der Waals surface area contributed by atoms with E-state index in [1.165, 1.54) is 0 Å². The summed E-state index contributed by atoms with van der Waals surface area (Å²) >= 11 is 0. The van der Waals surface area contributed by atoms with Crippen LogP contribution in [0.2, 0.25) is 0 Å². The third-order valence-electron chi connectivity index (χ3n) is 3.52. The van der Waals surface area contributed by atoms with Gasteiger partial charge in [0.1, 0.15) is 0 Å². The fourth-order valence-corrected chi connectivity index (χ4v) is 2.04. The van der Waals surface area contributed by atoms with Gasteiger partial charge in [-0.25, -0.2) is 0 Å². The minimum Gasteiger partial charge on any atom is -0.481 e. The molecule has 0 aliphatic carbocycles. The van der Waals surface area contributed by atoms with E-state index >= 15 is 0 Å². The van der Waals surface area contributed by atoms with Gasteiger partial charge in [-0.15, -0.1) is 0 Å². The van der Waals surface area contributed by atoms with E-state index in [4.69, 9.17) is 5.11 Å². The van der Waals surface area contributed by atoms with Crippen molar-refractivity contribution in [3.8, 4) is 0 Å².